The van der Waals surface area contributed by atoms with Crippen LogP contribution >= 0.6 is 11.5 Å². The minimum Gasteiger partial charge on any atom is -0.493 e. The number of carbonyl (C=O) groups is 3. The van der Waals surface area contributed by atoms with Gasteiger partial charge in [-0.15, -0.1) is 0 Å². The molecule has 1 aromatic heterocycles. The molecular formula is C28H27N5O5S. The average molecular weight is 546 g/mol. The molecule has 0 spiro atoms. The first kappa shape index (κ1) is 27.1. The maximum absolute atomic E-state index is 14.1. The fourth-order valence-corrected chi connectivity index (χ4v) is 4.78. The summed E-state index contributed by atoms with van der Waals surface area (Å²) >= 11 is 0.740. The number of aromatic nitrogens is 1. The fraction of sp³-hybridized carbons (Fsp3) is 0.143. The van der Waals surface area contributed by atoms with Gasteiger partial charge in [0.1, 0.15) is 10.9 Å². The van der Waals surface area contributed by atoms with E-state index in [0.717, 1.165) is 17.1 Å². The number of para-hydroxylation sites is 1. The molecule has 3 aromatic carbocycles. The van der Waals surface area contributed by atoms with E-state index >= 15 is 0 Å². The molecule has 4 aromatic rings. The van der Waals surface area contributed by atoms with Crippen molar-refractivity contribution in [3.05, 3.63) is 101 Å². The zero-order valence-electron chi connectivity index (χ0n) is 21.3. The van der Waals surface area contributed by atoms with E-state index in [9.17, 15) is 14.4 Å². The summed E-state index contributed by atoms with van der Waals surface area (Å²) in [5.41, 5.74) is 12.9. The number of hydrogen-bond acceptors (Lipinski definition) is 8. The van der Waals surface area contributed by atoms with Crippen LogP contribution in [-0.2, 0) is 11.3 Å². The highest BCUT2D eigenvalue weighted by Gasteiger charge is 2.36. The van der Waals surface area contributed by atoms with Gasteiger partial charge >= 0.3 is 0 Å². The Bertz CT molecular complexity index is 1480. The number of benzene rings is 3. The number of amides is 3. The van der Waals surface area contributed by atoms with Crippen LogP contribution in [0, 0.1) is 0 Å². The molecule has 1 heterocycles. The Morgan fingerprint density at radius 3 is 2.18 bits per heavy atom. The number of anilines is 2. The quantitative estimate of drug-likeness (QED) is 0.276. The summed E-state index contributed by atoms with van der Waals surface area (Å²) in [6, 6.07) is 21.9. The van der Waals surface area contributed by atoms with Crippen molar-refractivity contribution < 1.29 is 23.9 Å². The molecule has 200 valence electrons. The predicted octanol–water partition coefficient (Wildman–Crippen LogP) is 3.55. The summed E-state index contributed by atoms with van der Waals surface area (Å²) in [6.45, 7) is 0.231. The summed E-state index contributed by atoms with van der Waals surface area (Å²) in [7, 11) is 2.99. The number of methoxy groups -OCH3 is 2. The standard InChI is InChI=1S/C28H27N5O5S/c1-37-20-14-13-18(15-21(20)38-2)24(27(35)31-16-17-9-5-3-6-10-17)33(19-11-7-4-8-12-19)28(36)25-22(29)23(26(30)34)32-39-25/h3-15,24H,16,29H2,1-2H3,(H2,30,34)(H,31,35). The van der Waals surface area contributed by atoms with Gasteiger partial charge in [0, 0.05) is 12.2 Å². The number of hydrogen-bond donors (Lipinski definition) is 3. The Labute approximate surface area is 229 Å². The number of nitrogens with one attached hydrogen (secondary N) is 1. The van der Waals surface area contributed by atoms with Crippen LogP contribution in [0.25, 0.3) is 0 Å². The lowest BCUT2D eigenvalue weighted by Crippen LogP contribution is -2.44. The Balaban J connectivity index is 1.85. The van der Waals surface area contributed by atoms with Crippen molar-refractivity contribution in [2.24, 2.45) is 5.73 Å². The van der Waals surface area contributed by atoms with Crippen LogP contribution in [0.4, 0.5) is 11.4 Å². The van der Waals surface area contributed by atoms with Gasteiger partial charge in [-0.2, -0.15) is 4.37 Å². The minimum atomic E-state index is -1.16. The molecule has 0 fully saturated rings. The van der Waals surface area contributed by atoms with E-state index < -0.39 is 23.8 Å². The highest BCUT2D eigenvalue weighted by Crippen LogP contribution is 2.36. The van der Waals surface area contributed by atoms with Gasteiger partial charge < -0.3 is 26.3 Å². The molecule has 3 amide bonds. The van der Waals surface area contributed by atoms with Crippen LogP contribution in [0.5, 0.6) is 11.5 Å². The van der Waals surface area contributed by atoms with Gasteiger partial charge in [-0.25, -0.2) is 0 Å². The van der Waals surface area contributed by atoms with Crippen LogP contribution in [0.2, 0.25) is 0 Å². The minimum absolute atomic E-state index is 0.0195. The van der Waals surface area contributed by atoms with Gasteiger partial charge in [0.05, 0.1) is 19.9 Å². The van der Waals surface area contributed by atoms with Gasteiger partial charge in [-0.1, -0.05) is 54.6 Å². The summed E-state index contributed by atoms with van der Waals surface area (Å²) < 4.78 is 14.8. The zero-order chi connectivity index (χ0) is 27.9. The third-order valence-corrected chi connectivity index (χ3v) is 6.80. The largest absolute Gasteiger partial charge is 0.493 e. The molecule has 5 N–H and O–H groups in total. The SMILES string of the molecule is COc1ccc(C(C(=O)NCc2ccccc2)N(C(=O)c2snc(C(N)=O)c2N)c2ccccc2)cc1OC. The average Bonchev–Trinajstić information content (AvgIpc) is 3.36. The lowest BCUT2D eigenvalue weighted by atomic mass is 10.0. The summed E-state index contributed by atoms with van der Waals surface area (Å²) in [4.78, 5) is 41.1. The lowest BCUT2D eigenvalue weighted by Gasteiger charge is -2.31. The second kappa shape index (κ2) is 12.1. The molecular weight excluding hydrogens is 518 g/mol. The van der Waals surface area contributed by atoms with Crippen LogP contribution in [0.15, 0.2) is 78.9 Å². The number of ether oxygens (including phenoxy) is 2. The molecule has 11 heteroatoms. The molecule has 0 radical (unpaired) electrons. The van der Waals surface area contributed by atoms with Crippen molar-refractivity contribution in [1.82, 2.24) is 9.69 Å². The molecule has 4 rings (SSSR count). The maximum Gasteiger partial charge on any atom is 0.273 e. The molecule has 0 saturated heterocycles. The molecule has 1 unspecified atom stereocenters. The van der Waals surface area contributed by atoms with Gasteiger partial charge in [0.15, 0.2) is 17.2 Å². The number of nitrogen functional groups attached to an aromatic ring is 1. The van der Waals surface area contributed by atoms with Crippen molar-refractivity contribution >= 4 is 40.6 Å². The van der Waals surface area contributed by atoms with E-state index in [2.05, 4.69) is 9.69 Å². The first-order valence-corrected chi connectivity index (χ1v) is 12.6. The highest BCUT2D eigenvalue weighted by molar-refractivity contribution is 7.09. The Hall–Kier alpha value is -4.90. The Morgan fingerprint density at radius 1 is 0.949 bits per heavy atom. The zero-order valence-corrected chi connectivity index (χ0v) is 22.1. The Kier molecular flexibility index (Phi) is 8.42. The van der Waals surface area contributed by atoms with Crippen molar-refractivity contribution in [3.63, 3.8) is 0 Å². The van der Waals surface area contributed by atoms with E-state index in [-0.39, 0.29) is 22.8 Å². The van der Waals surface area contributed by atoms with Gasteiger partial charge in [0.2, 0.25) is 5.91 Å². The third kappa shape index (κ3) is 5.83. The summed E-state index contributed by atoms with van der Waals surface area (Å²) in [5.74, 6) is -1.10. The lowest BCUT2D eigenvalue weighted by molar-refractivity contribution is -0.122. The van der Waals surface area contributed by atoms with Crippen LogP contribution in [-0.4, -0.2) is 36.3 Å². The topological polar surface area (TPSA) is 150 Å². The normalized spacial score (nSPS) is 11.3. The third-order valence-electron chi connectivity index (χ3n) is 5.95. The van der Waals surface area contributed by atoms with Crippen LogP contribution < -0.4 is 31.2 Å². The van der Waals surface area contributed by atoms with E-state index in [4.69, 9.17) is 20.9 Å². The Morgan fingerprint density at radius 2 is 1.59 bits per heavy atom. The van der Waals surface area contributed by atoms with Gasteiger partial charge in [0.25, 0.3) is 11.8 Å². The molecule has 39 heavy (non-hydrogen) atoms. The van der Waals surface area contributed by atoms with Crippen molar-refractivity contribution in [2.75, 3.05) is 24.9 Å². The second-order valence-electron chi connectivity index (χ2n) is 8.37. The molecule has 0 saturated carbocycles. The van der Waals surface area contributed by atoms with Crippen molar-refractivity contribution in [2.45, 2.75) is 12.6 Å². The molecule has 0 aliphatic rings. The van der Waals surface area contributed by atoms with E-state index in [1.807, 2.05) is 30.3 Å². The summed E-state index contributed by atoms with van der Waals surface area (Å²) in [5, 5.41) is 2.94. The van der Waals surface area contributed by atoms with Crippen LogP contribution in [0.3, 0.4) is 0 Å². The first-order valence-electron chi connectivity index (χ1n) is 11.8. The number of carbonyl (C=O) groups excluding carboxylic acids is 3. The van der Waals surface area contributed by atoms with E-state index in [1.165, 1.54) is 19.1 Å². The van der Waals surface area contributed by atoms with E-state index in [1.54, 1.807) is 48.5 Å². The van der Waals surface area contributed by atoms with E-state index in [0.29, 0.717) is 22.7 Å². The molecule has 0 aliphatic carbocycles. The monoisotopic (exact) mass is 545 g/mol. The van der Waals surface area contributed by atoms with Crippen LogP contribution in [0.1, 0.15) is 37.3 Å². The van der Waals surface area contributed by atoms with Gasteiger partial charge in [-0.3, -0.25) is 19.3 Å². The highest BCUT2D eigenvalue weighted by atomic mass is 32.1. The molecule has 10 nitrogen and oxygen atoms in total. The smallest absolute Gasteiger partial charge is 0.273 e. The second-order valence-corrected chi connectivity index (χ2v) is 9.14. The predicted molar refractivity (Wildman–Crippen MR) is 149 cm³/mol. The maximum atomic E-state index is 14.1. The molecule has 0 aliphatic heterocycles. The first-order chi connectivity index (χ1) is 18.8. The van der Waals surface area contributed by atoms with Crippen molar-refractivity contribution in [1.29, 1.82) is 0 Å². The number of nitrogens with two attached hydrogens (primary N) is 2. The summed E-state index contributed by atoms with van der Waals surface area (Å²) in [6.07, 6.45) is 0. The number of primary amides is 1. The van der Waals surface area contributed by atoms with Crippen molar-refractivity contribution in [3.8, 4) is 11.5 Å². The molecule has 1 atom stereocenters. The molecule has 0 bridgehead atoms. The number of rotatable bonds is 10. The fourth-order valence-electron chi connectivity index (χ4n) is 4.03. The van der Waals surface area contributed by atoms with Gasteiger partial charge in [-0.05, 0) is 46.9 Å². The number of nitrogens with zero attached hydrogens (tertiary/aromatic N) is 2.